The van der Waals surface area contributed by atoms with E-state index >= 15 is 0 Å². The van der Waals surface area contributed by atoms with E-state index in [0.29, 0.717) is 5.69 Å². The molecule has 0 aliphatic carbocycles. The fourth-order valence-corrected chi connectivity index (χ4v) is 2.03. The molecule has 0 unspecified atom stereocenters. The number of rotatable bonds is 3. The van der Waals surface area contributed by atoms with Crippen molar-refractivity contribution in [3.63, 3.8) is 0 Å². The Morgan fingerprint density at radius 2 is 2.24 bits per heavy atom. The molecule has 88 valence electrons. The molecule has 2 aromatic heterocycles. The van der Waals surface area contributed by atoms with Gasteiger partial charge in [-0.25, -0.2) is 4.98 Å². The fraction of sp³-hybridized carbons (Fsp3) is 0.231. The first-order valence-corrected chi connectivity index (χ1v) is 6.36. The Labute approximate surface area is 104 Å². The van der Waals surface area contributed by atoms with E-state index in [0.717, 1.165) is 10.7 Å². The van der Waals surface area contributed by atoms with Gasteiger partial charge in [0.05, 0.1) is 5.69 Å². The van der Waals surface area contributed by atoms with E-state index in [1.165, 1.54) is 6.07 Å². The first kappa shape index (κ1) is 11.8. The summed E-state index contributed by atoms with van der Waals surface area (Å²) >= 11 is 1.66. The summed E-state index contributed by atoms with van der Waals surface area (Å²) in [7, 11) is 0. The molecule has 0 radical (unpaired) electrons. The molecule has 0 amide bonds. The van der Waals surface area contributed by atoms with Crippen LogP contribution in [0.4, 0.5) is 0 Å². The Morgan fingerprint density at radius 3 is 2.88 bits per heavy atom. The second-order valence-electron chi connectivity index (χ2n) is 4.06. The SMILES string of the molecule is CC(C)c1nc(/C=C/c2cccs2)cc(=O)[nH]1. The van der Waals surface area contributed by atoms with Gasteiger partial charge in [-0.1, -0.05) is 19.9 Å². The quantitative estimate of drug-likeness (QED) is 0.904. The Kier molecular flexibility index (Phi) is 3.54. The molecule has 2 heterocycles. The van der Waals surface area contributed by atoms with E-state index in [9.17, 15) is 4.79 Å². The zero-order valence-electron chi connectivity index (χ0n) is 9.81. The predicted octanol–water partition coefficient (Wildman–Crippen LogP) is 3.13. The Bertz CT molecular complexity index is 567. The van der Waals surface area contributed by atoms with Gasteiger partial charge < -0.3 is 4.98 Å². The van der Waals surface area contributed by atoms with Crippen molar-refractivity contribution in [2.24, 2.45) is 0 Å². The maximum absolute atomic E-state index is 11.5. The molecule has 0 atom stereocenters. The monoisotopic (exact) mass is 246 g/mol. The lowest BCUT2D eigenvalue weighted by Gasteiger charge is -2.03. The summed E-state index contributed by atoms with van der Waals surface area (Å²) in [4.78, 5) is 19.7. The summed E-state index contributed by atoms with van der Waals surface area (Å²) < 4.78 is 0. The van der Waals surface area contributed by atoms with Gasteiger partial charge >= 0.3 is 0 Å². The van der Waals surface area contributed by atoms with Crippen LogP contribution in [-0.4, -0.2) is 9.97 Å². The summed E-state index contributed by atoms with van der Waals surface area (Å²) in [6.45, 7) is 4.01. The third-order valence-electron chi connectivity index (χ3n) is 2.29. The number of hydrogen-bond donors (Lipinski definition) is 1. The number of hydrogen-bond acceptors (Lipinski definition) is 3. The normalized spacial score (nSPS) is 11.5. The third kappa shape index (κ3) is 3.14. The standard InChI is InChI=1S/C13H14N2OS/c1-9(2)13-14-10(8-12(16)15-13)5-6-11-4-3-7-17-11/h3-9H,1-2H3,(H,14,15,16)/b6-5+. The van der Waals surface area contributed by atoms with Crippen LogP contribution >= 0.6 is 11.3 Å². The topological polar surface area (TPSA) is 45.8 Å². The predicted molar refractivity (Wildman–Crippen MR) is 72.2 cm³/mol. The van der Waals surface area contributed by atoms with Crippen LogP contribution in [0.25, 0.3) is 12.2 Å². The molecule has 0 saturated carbocycles. The third-order valence-corrected chi connectivity index (χ3v) is 3.13. The van der Waals surface area contributed by atoms with Gasteiger partial charge in [0.25, 0.3) is 5.56 Å². The molecule has 0 aliphatic rings. The van der Waals surface area contributed by atoms with E-state index in [1.807, 2.05) is 43.5 Å². The highest BCUT2D eigenvalue weighted by molar-refractivity contribution is 7.10. The first-order chi connectivity index (χ1) is 8.15. The maximum Gasteiger partial charge on any atom is 0.251 e. The average molecular weight is 246 g/mol. The molecule has 4 heteroatoms. The lowest BCUT2D eigenvalue weighted by molar-refractivity contribution is 0.764. The summed E-state index contributed by atoms with van der Waals surface area (Å²) in [5.41, 5.74) is 0.598. The van der Waals surface area contributed by atoms with Crippen molar-refractivity contribution < 1.29 is 0 Å². The van der Waals surface area contributed by atoms with Crippen LogP contribution in [0, 0.1) is 0 Å². The van der Waals surface area contributed by atoms with Crippen LogP contribution in [-0.2, 0) is 0 Å². The van der Waals surface area contributed by atoms with E-state index in [2.05, 4.69) is 9.97 Å². The average Bonchev–Trinajstić information content (AvgIpc) is 2.78. The van der Waals surface area contributed by atoms with Gasteiger partial charge in [0, 0.05) is 16.9 Å². The number of aromatic nitrogens is 2. The van der Waals surface area contributed by atoms with Gasteiger partial charge in [-0.3, -0.25) is 4.79 Å². The highest BCUT2D eigenvalue weighted by Crippen LogP contribution is 2.13. The molecule has 0 bridgehead atoms. The number of aromatic amines is 1. The van der Waals surface area contributed by atoms with Crippen molar-refractivity contribution in [1.82, 2.24) is 9.97 Å². The second-order valence-corrected chi connectivity index (χ2v) is 5.04. The summed E-state index contributed by atoms with van der Waals surface area (Å²) in [6, 6.07) is 5.53. The van der Waals surface area contributed by atoms with Gasteiger partial charge in [-0.15, -0.1) is 11.3 Å². The van der Waals surface area contributed by atoms with Gasteiger partial charge in [0.2, 0.25) is 0 Å². The number of nitrogens with zero attached hydrogens (tertiary/aromatic N) is 1. The van der Waals surface area contributed by atoms with E-state index in [1.54, 1.807) is 11.3 Å². The molecule has 2 rings (SSSR count). The molecular weight excluding hydrogens is 232 g/mol. The smallest absolute Gasteiger partial charge is 0.251 e. The molecule has 0 fully saturated rings. The molecule has 3 nitrogen and oxygen atoms in total. The molecule has 17 heavy (non-hydrogen) atoms. The van der Waals surface area contributed by atoms with Crippen molar-refractivity contribution >= 4 is 23.5 Å². The molecule has 2 aromatic rings. The highest BCUT2D eigenvalue weighted by Gasteiger charge is 2.03. The van der Waals surface area contributed by atoms with E-state index < -0.39 is 0 Å². The Morgan fingerprint density at radius 1 is 1.41 bits per heavy atom. The second kappa shape index (κ2) is 5.10. The lowest BCUT2D eigenvalue weighted by Crippen LogP contribution is -2.12. The van der Waals surface area contributed by atoms with Gasteiger partial charge in [-0.2, -0.15) is 0 Å². The number of thiophene rings is 1. The Balaban J connectivity index is 2.30. The van der Waals surface area contributed by atoms with Gasteiger partial charge in [0.15, 0.2) is 0 Å². The van der Waals surface area contributed by atoms with Crippen LogP contribution in [0.5, 0.6) is 0 Å². The van der Waals surface area contributed by atoms with Gasteiger partial charge in [0.1, 0.15) is 5.82 Å². The van der Waals surface area contributed by atoms with E-state index in [-0.39, 0.29) is 11.5 Å². The minimum absolute atomic E-state index is 0.102. The first-order valence-electron chi connectivity index (χ1n) is 5.48. The molecular formula is C13H14N2OS. The minimum atomic E-state index is -0.102. The van der Waals surface area contributed by atoms with Crippen LogP contribution in [0.1, 0.15) is 36.2 Å². The fourth-order valence-electron chi connectivity index (χ4n) is 1.41. The molecule has 0 saturated heterocycles. The largest absolute Gasteiger partial charge is 0.310 e. The highest BCUT2D eigenvalue weighted by atomic mass is 32.1. The van der Waals surface area contributed by atoms with Crippen molar-refractivity contribution in [3.8, 4) is 0 Å². The summed E-state index contributed by atoms with van der Waals surface area (Å²) in [6.07, 6.45) is 3.84. The number of H-pyrrole nitrogens is 1. The zero-order chi connectivity index (χ0) is 12.3. The van der Waals surface area contributed by atoms with Crippen molar-refractivity contribution in [3.05, 3.63) is 50.3 Å². The van der Waals surface area contributed by atoms with Gasteiger partial charge in [-0.05, 0) is 23.6 Å². The summed E-state index contributed by atoms with van der Waals surface area (Å²) in [5.74, 6) is 0.945. The zero-order valence-corrected chi connectivity index (χ0v) is 10.6. The van der Waals surface area contributed by atoms with Crippen molar-refractivity contribution in [2.45, 2.75) is 19.8 Å². The van der Waals surface area contributed by atoms with Crippen LogP contribution in [0.2, 0.25) is 0 Å². The number of nitrogens with one attached hydrogen (secondary N) is 1. The Hall–Kier alpha value is -1.68. The van der Waals surface area contributed by atoms with Crippen molar-refractivity contribution in [1.29, 1.82) is 0 Å². The van der Waals surface area contributed by atoms with Crippen LogP contribution < -0.4 is 5.56 Å². The molecule has 1 N–H and O–H groups in total. The lowest BCUT2D eigenvalue weighted by atomic mass is 10.2. The maximum atomic E-state index is 11.5. The van der Waals surface area contributed by atoms with E-state index in [4.69, 9.17) is 0 Å². The minimum Gasteiger partial charge on any atom is -0.310 e. The molecule has 0 spiro atoms. The molecule has 0 aliphatic heterocycles. The van der Waals surface area contributed by atoms with Crippen molar-refractivity contribution in [2.75, 3.05) is 0 Å². The van der Waals surface area contributed by atoms with Crippen LogP contribution in [0.15, 0.2) is 28.4 Å². The van der Waals surface area contributed by atoms with Crippen LogP contribution in [0.3, 0.4) is 0 Å². The molecule has 0 aromatic carbocycles. The summed E-state index contributed by atoms with van der Waals surface area (Å²) in [5, 5.41) is 2.02.